The zero-order valence-corrected chi connectivity index (χ0v) is 17.2. The number of methoxy groups -OCH3 is 1. The van der Waals surface area contributed by atoms with Crippen LogP contribution in [0.3, 0.4) is 0 Å². The van der Waals surface area contributed by atoms with Gasteiger partial charge in [-0.2, -0.15) is 0 Å². The van der Waals surface area contributed by atoms with Crippen molar-refractivity contribution in [2.24, 2.45) is 0 Å². The van der Waals surface area contributed by atoms with Crippen LogP contribution in [0.4, 0.5) is 5.82 Å². The smallest absolute Gasteiger partial charge is 0.124 e. The Bertz CT molecular complexity index is 1360. The van der Waals surface area contributed by atoms with Gasteiger partial charge in [0.2, 0.25) is 0 Å². The van der Waals surface area contributed by atoms with Crippen LogP contribution in [0.1, 0.15) is 0 Å². The lowest BCUT2D eigenvalue weighted by molar-refractivity contribution is 0.415. The molecule has 3 heteroatoms. The summed E-state index contributed by atoms with van der Waals surface area (Å²) in [6.07, 6.45) is 0. The normalized spacial score (nSPS) is 10.9. The molecule has 1 aromatic heterocycles. The van der Waals surface area contributed by atoms with Crippen LogP contribution in [-0.4, -0.2) is 12.1 Å². The van der Waals surface area contributed by atoms with E-state index in [1.54, 1.807) is 7.11 Å². The van der Waals surface area contributed by atoms with E-state index in [2.05, 4.69) is 60.7 Å². The number of hydrogen-bond acceptors (Lipinski definition) is 3. The number of nitrogens with zero attached hydrogens (tertiary/aromatic N) is 1. The Kier molecular flexibility index (Phi) is 4.85. The number of benzene rings is 4. The van der Waals surface area contributed by atoms with Crippen molar-refractivity contribution >= 4 is 16.6 Å². The van der Waals surface area contributed by atoms with E-state index in [-0.39, 0.29) is 0 Å². The van der Waals surface area contributed by atoms with Crippen LogP contribution in [0.25, 0.3) is 44.3 Å². The molecular formula is C28H22N2O. The lowest BCUT2D eigenvalue weighted by Crippen LogP contribution is -1.99. The maximum absolute atomic E-state index is 6.30. The first kappa shape index (κ1) is 18.9. The third-order valence-electron chi connectivity index (χ3n) is 5.51. The lowest BCUT2D eigenvalue weighted by atomic mass is 9.90. The number of aromatic nitrogens is 1. The first-order chi connectivity index (χ1) is 15.2. The molecule has 2 N–H and O–H groups in total. The minimum atomic E-state index is 0.503. The number of fused-ring (bicyclic) bond motifs is 1. The molecule has 150 valence electrons. The molecule has 0 aliphatic carbocycles. The summed E-state index contributed by atoms with van der Waals surface area (Å²) in [5, 5.41) is 2.28. The topological polar surface area (TPSA) is 48.1 Å². The van der Waals surface area contributed by atoms with Crippen LogP contribution in [0, 0.1) is 0 Å². The number of anilines is 1. The highest BCUT2D eigenvalue weighted by atomic mass is 16.5. The van der Waals surface area contributed by atoms with Crippen molar-refractivity contribution < 1.29 is 4.74 Å². The van der Waals surface area contributed by atoms with E-state index in [1.807, 2.05) is 42.5 Å². The monoisotopic (exact) mass is 402 g/mol. The molecular weight excluding hydrogens is 380 g/mol. The summed E-state index contributed by atoms with van der Waals surface area (Å²) in [5.41, 5.74) is 12.6. The summed E-state index contributed by atoms with van der Waals surface area (Å²) in [4.78, 5) is 4.75. The summed E-state index contributed by atoms with van der Waals surface area (Å²) < 4.78 is 5.37. The van der Waals surface area contributed by atoms with Crippen molar-refractivity contribution in [3.8, 4) is 39.3 Å². The van der Waals surface area contributed by atoms with Gasteiger partial charge in [0.05, 0.1) is 12.8 Å². The van der Waals surface area contributed by atoms with Crippen LogP contribution in [0.2, 0.25) is 0 Å². The van der Waals surface area contributed by atoms with E-state index < -0.39 is 0 Å². The van der Waals surface area contributed by atoms with E-state index in [0.717, 1.165) is 50.0 Å². The minimum absolute atomic E-state index is 0.503. The van der Waals surface area contributed by atoms with Crippen LogP contribution < -0.4 is 10.5 Å². The van der Waals surface area contributed by atoms with Gasteiger partial charge in [0.25, 0.3) is 0 Å². The van der Waals surface area contributed by atoms with Crippen molar-refractivity contribution in [2.75, 3.05) is 12.8 Å². The molecule has 4 aromatic carbocycles. The fraction of sp³-hybridized carbons (Fsp3) is 0.0357. The van der Waals surface area contributed by atoms with Crippen LogP contribution >= 0.6 is 0 Å². The van der Waals surface area contributed by atoms with E-state index in [1.165, 1.54) is 0 Å². The Morgan fingerprint density at radius 2 is 1.29 bits per heavy atom. The molecule has 0 saturated heterocycles. The average molecular weight is 402 g/mol. The maximum Gasteiger partial charge on any atom is 0.124 e. The second-order valence-electron chi connectivity index (χ2n) is 7.48. The number of ether oxygens (including phenoxy) is 1. The predicted octanol–water partition coefficient (Wildman–Crippen LogP) is 6.83. The molecule has 0 aliphatic rings. The molecule has 1 heterocycles. The maximum atomic E-state index is 6.30. The molecule has 0 bridgehead atoms. The first-order valence-corrected chi connectivity index (χ1v) is 10.2. The number of nitrogen functional groups attached to an aromatic ring is 1. The van der Waals surface area contributed by atoms with Gasteiger partial charge >= 0.3 is 0 Å². The predicted molar refractivity (Wildman–Crippen MR) is 129 cm³/mol. The highest BCUT2D eigenvalue weighted by Gasteiger charge is 2.17. The summed E-state index contributed by atoms with van der Waals surface area (Å²) in [5.74, 6) is 1.35. The van der Waals surface area contributed by atoms with Gasteiger partial charge in [0, 0.05) is 11.1 Å². The number of rotatable bonds is 4. The van der Waals surface area contributed by atoms with Gasteiger partial charge in [-0.05, 0) is 51.7 Å². The lowest BCUT2D eigenvalue weighted by Gasteiger charge is -2.17. The second-order valence-corrected chi connectivity index (χ2v) is 7.48. The van der Waals surface area contributed by atoms with Crippen molar-refractivity contribution in [3.63, 3.8) is 0 Å². The highest BCUT2D eigenvalue weighted by molar-refractivity contribution is 5.97. The van der Waals surface area contributed by atoms with Gasteiger partial charge in [-0.1, -0.05) is 78.9 Å². The van der Waals surface area contributed by atoms with E-state index in [0.29, 0.717) is 5.82 Å². The van der Waals surface area contributed by atoms with Crippen LogP contribution in [0.15, 0.2) is 103 Å². The van der Waals surface area contributed by atoms with E-state index in [4.69, 9.17) is 15.5 Å². The van der Waals surface area contributed by atoms with Crippen molar-refractivity contribution in [1.29, 1.82) is 0 Å². The first-order valence-electron chi connectivity index (χ1n) is 10.2. The van der Waals surface area contributed by atoms with Crippen LogP contribution in [0.5, 0.6) is 5.75 Å². The van der Waals surface area contributed by atoms with E-state index >= 15 is 0 Å². The molecule has 5 rings (SSSR count). The summed E-state index contributed by atoms with van der Waals surface area (Å²) in [6.45, 7) is 0. The quantitative estimate of drug-likeness (QED) is 0.358. The molecule has 0 radical (unpaired) electrons. The largest absolute Gasteiger partial charge is 0.497 e. The third kappa shape index (κ3) is 3.62. The molecule has 3 nitrogen and oxygen atoms in total. The Morgan fingerprint density at radius 1 is 0.645 bits per heavy atom. The van der Waals surface area contributed by atoms with Crippen molar-refractivity contribution in [1.82, 2.24) is 4.98 Å². The molecule has 31 heavy (non-hydrogen) atoms. The average Bonchev–Trinajstić information content (AvgIpc) is 2.84. The summed E-state index contributed by atoms with van der Waals surface area (Å²) in [6, 6.07) is 35.1. The third-order valence-corrected chi connectivity index (χ3v) is 5.51. The Labute approximate surface area is 181 Å². The fourth-order valence-corrected chi connectivity index (χ4v) is 4.01. The number of hydrogen-bond donors (Lipinski definition) is 1. The molecule has 5 aromatic rings. The molecule has 0 fully saturated rings. The van der Waals surface area contributed by atoms with Gasteiger partial charge in [-0.15, -0.1) is 0 Å². The second kappa shape index (κ2) is 7.96. The molecule has 0 aliphatic heterocycles. The highest BCUT2D eigenvalue weighted by Crippen LogP contribution is 2.40. The number of nitrogens with two attached hydrogens (primary N) is 1. The van der Waals surface area contributed by atoms with Gasteiger partial charge in [-0.25, -0.2) is 4.98 Å². The number of pyridine rings is 1. The van der Waals surface area contributed by atoms with E-state index in [9.17, 15) is 0 Å². The zero-order valence-electron chi connectivity index (χ0n) is 17.2. The molecule has 0 amide bonds. The van der Waals surface area contributed by atoms with Gasteiger partial charge in [0.1, 0.15) is 11.6 Å². The SMILES string of the molecule is COc1ccc2cc(-c3cc(N)nc(-c4ccccc4)c3-c3ccccc3)ccc2c1. The molecule has 0 unspecified atom stereocenters. The summed E-state index contributed by atoms with van der Waals surface area (Å²) >= 11 is 0. The molecule has 0 spiro atoms. The summed E-state index contributed by atoms with van der Waals surface area (Å²) in [7, 11) is 1.69. The zero-order chi connectivity index (χ0) is 21.2. The standard InChI is InChI=1S/C28H22N2O/c1-31-24-15-14-21-16-23(13-12-22(21)17-24)25-18-26(29)30-28(20-10-6-3-7-11-20)27(25)19-8-4-2-5-9-19/h2-18H,1H3,(H2,29,30). The fourth-order valence-electron chi connectivity index (χ4n) is 4.01. The van der Waals surface area contributed by atoms with Crippen LogP contribution in [-0.2, 0) is 0 Å². The minimum Gasteiger partial charge on any atom is -0.497 e. The van der Waals surface area contributed by atoms with Gasteiger partial charge in [0.15, 0.2) is 0 Å². The Hall–Kier alpha value is -4.11. The van der Waals surface area contributed by atoms with Gasteiger partial charge in [-0.3, -0.25) is 0 Å². The van der Waals surface area contributed by atoms with Crippen molar-refractivity contribution in [2.45, 2.75) is 0 Å². The van der Waals surface area contributed by atoms with Gasteiger partial charge < -0.3 is 10.5 Å². The molecule has 0 saturated carbocycles. The molecule has 0 atom stereocenters. The Balaban J connectivity index is 1.79. The Morgan fingerprint density at radius 3 is 2.00 bits per heavy atom. The van der Waals surface area contributed by atoms with Crippen molar-refractivity contribution in [3.05, 3.63) is 103 Å².